The lowest BCUT2D eigenvalue weighted by Gasteiger charge is -2.22. The van der Waals surface area contributed by atoms with Gasteiger partial charge < -0.3 is 4.90 Å². The van der Waals surface area contributed by atoms with E-state index in [2.05, 4.69) is 0 Å². The van der Waals surface area contributed by atoms with Gasteiger partial charge in [-0.2, -0.15) is 0 Å². The predicted octanol–water partition coefficient (Wildman–Crippen LogP) is 1.37. The highest BCUT2D eigenvalue weighted by Gasteiger charge is 2.42. The molecule has 2 heterocycles. The second-order valence-electron chi connectivity index (χ2n) is 3.71. The molecule has 2 aliphatic heterocycles. The summed E-state index contributed by atoms with van der Waals surface area (Å²) >= 11 is 6.68. The topological polar surface area (TPSA) is 37.4 Å². The monoisotopic (exact) mass is 249 g/mol. The summed E-state index contributed by atoms with van der Waals surface area (Å²) in [5, 5.41) is 1.42. The predicted molar refractivity (Wildman–Crippen MR) is 62.8 cm³/mol. The van der Waals surface area contributed by atoms with Crippen molar-refractivity contribution in [2.45, 2.75) is 25.1 Å². The van der Waals surface area contributed by atoms with Crippen LogP contribution in [0.5, 0.6) is 0 Å². The van der Waals surface area contributed by atoms with Gasteiger partial charge in [-0.05, 0) is 13.8 Å². The minimum absolute atomic E-state index is 0.0369. The molecule has 0 aromatic heterocycles. The highest BCUT2D eigenvalue weighted by Crippen LogP contribution is 2.41. The Bertz CT molecular complexity index is 410. The molecule has 6 heteroatoms. The number of hydrogen-bond donors (Lipinski definition) is 0. The molecule has 0 bridgehead atoms. The third-order valence-corrected chi connectivity index (χ3v) is 5.43. The van der Waals surface area contributed by atoms with E-state index in [4.69, 9.17) is 12.2 Å². The van der Waals surface area contributed by atoms with E-state index in [1.165, 1.54) is 17.2 Å². The van der Waals surface area contributed by atoms with Crippen molar-refractivity contribution in [3.05, 3.63) is 11.1 Å². The van der Waals surface area contributed by atoms with E-state index in [-0.39, 0.29) is 17.0 Å². The Hall–Kier alpha value is -0.0700. The van der Waals surface area contributed by atoms with Crippen LogP contribution in [0.15, 0.2) is 11.1 Å². The van der Waals surface area contributed by atoms with Crippen LogP contribution >= 0.6 is 24.0 Å². The van der Waals surface area contributed by atoms with Crippen LogP contribution in [0.3, 0.4) is 0 Å². The molecule has 1 atom stereocenters. The molecular weight excluding hydrogens is 238 g/mol. The largest absolute Gasteiger partial charge is 0.327 e. The van der Waals surface area contributed by atoms with E-state index >= 15 is 0 Å². The van der Waals surface area contributed by atoms with Crippen molar-refractivity contribution < 1.29 is 8.42 Å². The van der Waals surface area contributed by atoms with Gasteiger partial charge in [-0.3, -0.25) is 0 Å². The van der Waals surface area contributed by atoms with E-state index in [0.29, 0.717) is 0 Å². The zero-order chi connectivity index (χ0) is 10.5. The summed E-state index contributed by atoms with van der Waals surface area (Å²) in [7, 11) is -2.98. The van der Waals surface area contributed by atoms with Gasteiger partial charge in [0.2, 0.25) is 0 Å². The van der Waals surface area contributed by atoms with Gasteiger partial charge in [-0.1, -0.05) is 24.0 Å². The SMILES string of the molecule is CC(C)N1C(=S)SC2CS(=O)(=O)C=C21. The molecule has 0 aromatic carbocycles. The molecule has 0 saturated carbocycles. The third-order valence-electron chi connectivity index (χ3n) is 2.25. The number of fused-ring (bicyclic) bond motifs is 1. The average Bonchev–Trinajstić information content (AvgIpc) is 2.37. The van der Waals surface area contributed by atoms with Gasteiger partial charge in [-0.25, -0.2) is 8.42 Å². The summed E-state index contributed by atoms with van der Waals surface area (Å²) in [6.07, 6.45) is 0. The fourth-order valence-electron chi connectivity index (χ4n) is 1.70. The molecule has 0 N–H and O–H groups in total. The van der Waals surface area contributed by atoms with E-state index in [0.717, 1.165) is 10.0 Å². The molecule has 0 aliphatic carbocycles. The summed E-state index contributed by atoms with van der Waals surface area (Å²) in [6.45, 7) is 4.03. The zero-order valence-corrected chi connectivity index (χ0v) is 10.4. The summed E-state index contributed by atoms with van der Waals surface area (Å²) in [5.41, 5.74) is 0.870. The quantitative estimate of drug-likeness (QED) is 0.656. The van der Waals surface area contributed by atoms with E-state index in [9.17, 15) is 8.42 Å². The zero-order valence-electron chi connectivity index (χ0n) is 7.93. The van der Waals surface area contributed by atoms with Crippen LogP contribution in [-0.4, -0.2) is 34.7 Å². The number of thiocarbonyl (C=S) groups is 1. The van der Waals surface area contributed by atoms with Crippen molar-refractivity contribution in [2.75, 3.05) is 5.75 Å². The molecule has 0 spiro atoms. The Balaban J connectivity index is 2.41. The normalized spacial score (nSPS) is 29.6. The Kier molecular flexibility index (Phi) is 2.40. The maximum Gasteiger partial charge on any atom is 0.174 e. The van der Waals surface area contributed by atoms with Crippen molar-refractivity contribution in [1.29, 1.82) is 0 Å². The van der Waals surface area contributed by atoms with Gasteiger partial charge in [0.1, 0.15) is 4.32 Å². The molecule has 78 valence electrons. The van der Waals surface area contributed by atoms with E-state index in [1.807, 2.05) is 18.7 Å². The highest BCUT2D eigenvalue weighted by atomic mass is 32.2. The van der Waals surface area contributed by atoms with E-state index < -0.39 is 9.84 Å². The van der Waals surface area contributed by atoms with Crippen LogP contribution in [0.4, 0.5) is 0 Å². The number of hydrogen-bond acceptors (Lipinski definition) is 4. The third kappa shape index (κ3) is 1.59. The fraction of sp³-hybridized carbons (Fsp3) is 0.625. The van der Waals surface area contributed by atoms with Gasteiger partial charge in [0.05, 0.1) is 16.4 Å². The van der Waals surface area contributed by atoms with Crippen LogP contribution in [0.25, 0.3) is 0 Å². The Morgan fingerprint density at radius 1 is 1.64 bits per heavy atom. The smallest absolute Gasteiger partial charge is 0.174 e. The van der Waals surface area contributed by atoms with E-state index in [1.54, 1.807) is 0 Å². The fourth-order valence-corrected chi connectivity index (χ4v) is 5.61. The highest BCUT2D eigenvalue weighted by molar-refractivity contribution is 8.24. The summed E-state index contributed by atoms with van der Waals surface area (Å²) < 4.78 is 23.5. The van der Waals surface area contributed by atoms with Crippen molar-refractivity contribution in [1.82, 2.24) is 4.90 Å². The number of sulfone groups is 1. The first-order valence-electron chi connectivity index (χ1n) is 4.35. The molecular formula is C8H11NO2S3. The lowest BCUT2D eigenvalue weighted by molar-refractivity contribution is 0.440. The molecule has 2 rings (SSSR count). The first kappa shape index (κ1) is 10.4. The summed E-state index contributed by atoms with van der Waals surface area (Å²) in [4.78, 5) is 1.94. The molecule has 0 amide bonds. The van der Waals surface area contributed by atoms with Crippen molar-refractivity contribution in [3.63, 3.8) is 0 Å². The number of rotatable bonds is 1. The van der Waals surface area contributed by atoms with Crippen molar-refractivity contribution in [3.8, 4) is 0 Å². The van der Waals surface area contributed by atoms with Gasteiger partial charge in [-0.15, -0.1) is 0 Å². The van der Waals surface area contributed by atoms with Gasteiger partial charge in [0, 0.05) is 11.7 Å². The molecule has 2 aliphatic rings. The first-order chi connectivity index (χ1) is 6.41. The summed E-state index contributed by atoms with van der Waals surface area (Å²) in [6, 6.07) is 0.236. The lowest BCUT2D eigenvalue weighted by atomic mass is 10.2. The van der Waals surface area contributed by atoms with Gasteiger partial charge >= 0.3 is 0 Å². The number of thioether (sulfide) groups is 1. The van der Waals surface area contributed by atoms with Crippen LogP contribution in [0.1, 0.15) is 13.8 Å². The van der Waals surface area contributed by atoms with Crippen LogP contribution in [0.2, 0.25) is 0 Å². The minimum Gasteiger partial charge on any atom is -0.327 e. The molecule has 1 fully saturated rings. The average molecular weight is 249 g/mol. The molecule has 3 nitrogen and oxygen atoms in total. The molecule has 1 unspecified atom stereocenters. The Morgan fingerprint density at radius 3 is 2.86 bits per heavy atom. The van der Waals surface area contributed by atoms with Crippen LogP contribution in [0, 0.1) is 0 Å². The maximum absolute atomic E-state index is 11.4. The molecule has 1 saturated heterocycles. The van der Waals surface area contributed by atoms with Crippen molar-refractivity contribution >= 4 is 38.1 Å². The maximum atomic E-state index is 11.4. The Labute approximate surface area is 93.5 Å². The second-order valence-corrected chi connectivity index (χ2v) is 7.44. The first-order valence-corrected chi connectivity index (χ1v) is 7.35. The van der Waals surface area contributed by atoms with Crippen LogP contribution < -0.4 is 0 Å². The number of nitrogens with zero attached hydrogens (tertiary/aromatic N) is 1. The van der Waals surface area contributed by atoms with Gasteiger partial charge in [0.25, 0.3) is 0 Å². The standard InChI is InChI=1S/C8H11NO2S3/c1-5(2)9-6-3-14(10,11)4-7(6)13-8(9)12/h3,5,7H,4H2,1-2H3. The lowest BCUT2D eigenvalue weighted by Crippen LogP contribution is -2.29. The van der Waals surface area contributed by atoms with Gasteiger partial charge in [0.15, 0.2) is 9.84 Å². The van der Waals surface area contributed by atoms with Crippen molar-refractivity contribution in [2.24, 2.45) is 0 Å². The minimum atomic E-state index is -2.98. The summed E-state index contributed by atoms with van der Waals surface area (Å²) in [5.74, 6) is 0.205. The molecule has 0 aromatic rings. The molecule has 0 radical (unpaired) electrons. The van der Waals surface area contributed by atoms with Crippen LogP contribution in [-0.2, 0) is 9.84 Å². The molecule has 14 heavy (non-hydrogen) atoms. The second kappa shape index (κ2) is 3.21. The Morgan fingerprint density at radius 2 is 2.29 bits per heavy atom.